The second-order valence-corrected chi connectivity index (χ2v) is 4.94. The molecule has 20 heavy (non-hydrogen) atoms. The van der Waals surface area contributed by atoms with Crippen molar-refractivity contribution in [3.8, 4) is 0 Å². The van der Waals surface area contributed by atoms with Gasteiger partial charge in [-0.25, -0.2) is 0 Å². The molecule has 0 fully saturated rings. The van der Waals surface area contributed by atoms with Crippen molar-refractivity contribution < 1.29 is 4.92 Å². The minimum atomic E-state index is -0.399. The van der Waals surface area contributed by atoms with Crippen LogP contribution in [0.1, 0.15) is 18.1 Å². The molecule has 0 bridgehead atoms. The molecule has 6 heteroatoms. The smallest absolute Gasteiger partial charge is 0.275 e. The van der Waals surface area contributed by atoms with Crippen molar-refractivity contribution in [3.63, 3.8) is 0 Å². The zero-order chi connectivity index (χ0) is 14.5. The Morgan fingerprint density at radius 2 is 2.20 bits per heavy atom. The van der Waals surface area contributed by atoms with E-state index in [0.717, 1.165) is 18.7 Å². The van der Waals surface area contributed by atoms with Crippen molar-refractivity contribution in [2.45, 2.75) is 20.0 Å². The Hall–Kier alpha value is -1.85. The molecule has 2 aromatic rings. The average molecular weight is 294 g/mol. The molecule has 2 rings (SSSR count). The highest BCUT2D eigenvalue weighted by atomic mass is 35.5. The third kappa shape index (κ3) is 3.59. The summed E-state index contributed by atoms with van der Waals surface area (Å²) in [6.45, 7) is 4.22. The Balaban J connectivity index is 2.17. The Kier molecular flexibility index (Phi) is 4.76. The second kappa shape index (κ2) is 6.54. The van der Waals surface area contributed by atoms with Gasteiger partial charge in [-0.1, -0.05) is 18.5 Å². The molecule has 0 aliphatic rings. The molecule has 0 saturated heterocycles. The van der Waals surface area contributed by atoms with Crippen LogP contribution < -0.4 is 5.32 Å². The summed E-state index contributed by atoms with van der Waals surface area (Å²) in [5.74, 6) is 0. The molecule has 0 aliphatic carbocycles. The highest BCUT2D eigenvalue weighted by Crippen LogP contribution is 2.24. The SMILES string of the molecule is CCNCc1ccn(Cc2ccc(Cl)cc2[N+](=O)[O-])c1. The topological polar surface area (TPSA) is 60.1 Å². The minimum absolute atomic E-state index is 0.0550. The quantitative estimate of drug-likeness (QED) is 0.657. The van der Waals surface area contributed by atoms with Crippen LogP contribution >= 0.6 is 11.6 Å². The number of halogens is 1. The summed E-state index contributed by atoms with van der Waals surface area (Å²) < 4.78 is 1.93. The van der Waals surface area contributed by atoms with Gasteiger partial charge in [0.15, 0.2) is 0 Å². The molecule has 0 unspecified atom stereocenters. The number of hydrogen-bond donors (Lipinski definition) is 1. The number of nitrogens with one attached hydrogen (secondary N) is 1. The van der Waals surface area contributed by atoms with Gasteiger partial charge in [0.25, 0.3) is 5.69 Å². The van der Waals surface area contributed by atoms with Crippen LogP contribution in [0, 0.1) is 10.1 Å². The Morgan fingerprint density at radius 1 is 1.40 bits per heavy atom. The summed E-state index contributed by atoms with van der Waals surface area (Å²) in [6.07, 6.45) is 3.91. The first-order valence-corrected chi connectivity index (χ1v) is 6.76. The van der Waals surface area contributed by atoms with Gasteiger partial charge in [0.05, 0.1) is 11.5 Å². The van der Waals surface area contributed by atoms with Crippen LogP contribution in [0.2, 0.25) is 5.02 Å². The van der Waals surface area contributed by atoms with Gasteiger partial charge in [0.1, 0.15) is 0 Å². The predicted octanol–water partition coefficient (Wildman–Crippen LogP) is 3.21. The molecule has 0 aliphatic heterocycles. The molecule has 1 heterocycles. The number of aromatic nitrogens is 1. The van der Waals surface area contributed by atoms with E-state index in [1.165, 1.54) is 6.07 Å². The van der Waals surface area contributed by atoms with E-state index in [-0.39, 0.29) is 5.69 Å². The van der Waals surface area contributed by atoms with Crippen molar-refractivity contribution in [3.05, 3.63) is 62.9 Å². The Morgan fingerprint density at radius 3 is 2.90 bits per heavy atom. The molecule has 1 aromatic heterocycles. The molecule has 0 radical (unpaired) electrons. The number of nitrogens with zero attached hydrogens (tertiary/aromatic N) is 2. The van der Waals surface area contributed by atoms with E-state index in [1.54, 1.807) is 12.1 Å². The Bertz CT molecular complexity index is 610. The van der Waals surface area contributed by atoms with Crippen LogP contribution in [0.4, 0.5) is 5.69 Å². The normalized spacial score (nSPS) is 10.7. The fourth-order valence-electron chi connectivity index (χ4n) is 2.00. The third-order valence-corrected chi connectivity index (χ3v) is 3.22. The molecule has 5 nitrogen and oxygen atoms in total. The van der Waals surface area contributed by atoms with Gasteiger partial charge in [-0.3, -0.25) is 10.1 Å². The summed E-state index contributed by atoms with van der Waals surface area (Å²) in [6, 6.07) is 6.77. The lowest BCUT2D eigenvalue weighted by Gasteiger charge is -2.05. The molecule has 1 N–H and O–H groups in total. The van der Waals surface area contributed by atoms with Gasteiger partial charge in [0.2, 0.25) is 0 Å². The van der Waals surface area contributed by atoms with Gasteiger partial charge in [-0.15, -0.1) is 0 Å². The first kappa shape index (κ1) is 14.6. The Labute approximate surface area is 122 Å². The first-order chi connectivity index (χ1) is 9.60. The molecule has 0 amide bonds. The monoisotopic (exact) mass is 293 g/mol. The third-order valence-electron chi connectivity index (χ3n) is 2.99. The van der Waals surface area contributed by atoms with Crippen LogP contribution in [-0.2, 0) is 13.1 Å². The van der Waals surface area contributed by atoms with Gasteiger partial charge < -0.3 is 9.88 Å². The molecule has 0 spiro atoms. The standard InChI is InChI=1S/C14H16ClN3O2/c1-2-16-8-11-5-6-17(9-11)10-12-3-4-13(15)7-14(12)18(19)20/h3-7,9,16H,2,8,10H2,1H3. The van der Waals surface area contributed by atoms with E-state index in [0.29, 0.717) is 17.1 Å². The lowest BCUT2D eigenvalue weighted by molar-refractivity contribution is -0.385. The van der Waals surface area contributed by atoms with Gasteiger partial charge in [-0.2, -0.15) is 0 Å². The van der Waals surface area contributed by atoms with Crippen molar-refractivity contribution in [1.82, 2.24) is 9.88 Å². The maximum atomic E-state index is 11.0. The van der Waals surface area contributed by atoms with Crippen molar-refractivity contribution in [2.24, 2.45) is 0 Å². The van der Waals surface area contributed by atoms with E-state index in [4.69, 9.17) is 11.6 Å². The molecular formula is C14H16ClN3O2. The molecule has 0 saturated carbocycles. The largest absolute Gasteiger partial charge is 0.349 e. The number of nitro groups is 1. The van der Waals surface area contributed by atoms with E-state index in [9.17, 15) is 10.1 Å². The predicted molar refractivity (Wildman–Crippen MR) is 79.0 cm³/mol. The average Bonchev–Trinajstić information content (AvgIpc) is 2.86. The fraction of sp³-hybridized carbons (Fsp3) is 0.286. The van der Waals surface area contributed by atoms with Crippen LogP contribution in [-0.4, -0.2) is 16.0 Å². The van der Waals surface area contributed by atoms with Crippen molar-refractivity contribution in [2.75, 3.05) is 6.54 Å². The number of hydrogen-bond acceptors (Lipinski definition) is 3. The zero-order valence-electron chi connectivity index (χ0n) is 11.2. The van der Waals surface area contributed by atoms with E-state index >= 15 is 0 Å². The molecule has 106 valence electrons. The van der Waals surface area contributed by atoms with Crippen LogP contribution in [0.5, 0.6) is 0 Å². The summed E-state index contributed by atoms with van der Waals surface area (Å²) in [5, 5.41) is 14.7. The van der Waals surface area contributed by atoms with Gasteiger partial charge in [0, 0.05) is 35.6 Å². The number of benzene rings is 1. The first-order valence-electron chi connectivity index (χ1n) is 6.38. The fourth-order valence-corrected chi connectivity index (χ4v) is 2.17. The summed E-state index contributed by atoms with van der Waals surface area (Å²) >= 11 is 5.81. The minimum Gasteiger partial charge on any atom is -0.349 e. The lowest BCUT2D eigenvalue weighted by Crippen LogP contribution is -2.11. The maximum absolute atomic E-state index is 11.0. The summed E-state index contributed by atoms with van der Waals surface area (Å²) in [5.41, 5.74) is 1.85. The number of rotatable bonds is 6. The maximum Gasteiger partial charge on any atom is 0.275 e. The highest BCUT2D eigenvalue weighted by Gasteiger charge is 2.14. The van der Waals surface area contributed by atoms with Crippen LogP contribution in [0.3, 0.4) is 0 Å². The van der Waals surface area contributed by atoms with Crippen molar-refractivity contribution >= 4 is 17.3 Å². The van der Waals surface area contributed by atoms with Gasteiger partial charge in [-0.05, 0) is 30.3 Å². The van der Waals surface area contributed by atoms with Crippen LogP contribution in [0.15, 0.2) is 36.7 Å². The van der Waals surface area contributed by atoms with E-state index in [1.807, 2.05) is 30.0 Å². The lowest BCUT2D eigenvalue weighted by atomic mass is 10.2. The van der Waals surface area contributed by atoms with Crippen LogP contribution in [0.25, 0.3) is 0 Å². The molecule has 1 aromatic carbocycles. The van der Waals surface area contributed by atoms with Gasteiger partial charge >= 0.3 is 0 Å². The zero-order valence-corrected chi connectivity index (χ0v) is 11.9. The highest BCUT2D eigenvalue weighted by molar-refractivity contribution is 6.30. The van der Waals surface area contributed by atoms with Crippen molar-refractivity contribution in [1.29, 1.82) is 0 Å². The van der Waals surface area contributed by atoms with E-state index < -0.39 is 4.92 Å². The number of nitro benzene ring substituents is 1. The summed E-state index contributed by atoms with van der Waals surface area (Å²) in [4.78, 5) is 10.6. The summed E-state index contributed by atoms with van der Waals surface area (Å²) in [7, 11) is 0. The molecule has 0 atom stereocenters. The molecular weight excluding hydrogens is 278 g/mol. The second-order valence-electron chi connectivity index (χ2n) is 4.50. The van der Waals surface area contributed by atoms with E-state index in [2.05, 4.69) is 5.32 Å².